The van der Waals surface area contributed by atoms with Gasteiger partial charge in [-0.1, -0.05) is 38.3 Å². The SMILES string of the molecule is CC(C)CC1(C(N)Cc2ccc(Cl)s2)CCCC1. The molecular formula is C15H24ClNS. The topological polar surface area (TPSA) is 26.0 Å². The molecule has 1 aromatic heterocycles. The van der Waals surface area contributed by atoms with E-state index in [-0.39, 0.29) is 6.04 Å². The van der Waals surface area contributed by atoms with Gasteiger partial charge in [-0.25, -0.2) is 0 Å². The average molecular weight is 286 g/mol. The van der Waals surface area contributed by atoms with Gasteiger partial charge in [0.1, 0.15) is 0 Å². The molecular weight excluding hydrogens is 262 g/mol. The summed E-state index contributed by atoms with van der Waals surface area (Å²) in [6, 6.07) is 4.40. The van der Waals surface area contributed by atoms with E-state index in [0.29, 0.717) is 5.41 Å². The van der Waals surface area contributed by atoms with Gasteiger partial charge < -0.3 is 5.73 Å². The summed E-state index contributed by atoms with van der Waals surface area (Å²) in [6.07, 6.45) is 7.59. The number of halogens is 1. The smallest absolute Gasteiger partial charge is 0.0931 e. The van der Waals surface area contributed by atoms with Crippen LogP contribution >= 0.6 is 22.9 Å². The van der Waals surface area contributed by atoms with Crippen molar-refractivity contribution in [3.8, 4) is 0 Å². The van der Waals surface area contributed by atoms with Gasteiger partial charge in [0.15, 0.2) is 0 Å². The van der Waals surface area contributed by atoms with Crippen LogP contribution in [0.25, 0.3) is 0 Å². The molecule has 0 aromatic carbocycles. The Balaban J connectivity index is 2.06. The summed E-state index contributed by atoms with van der Waals surface area (Å²) in [5.41, 5.74) is 6.95. The molecule has 102 valence electrons. The molecule has 1 aliphatic rings. The zero-order chi connectivity index (χ0) is 13.2. The lowest BCUT2D eigenvalue weighted by Crippen LogP contribution is -2.42. The molecule has 1 saturated carbocycles. The highest BCUT2D eigenvalue weighted by molar-refractivity contribution is 7.16. The molecule has 18 heavy (non-hydrogen) atoms. The molecule has 1 fully saturated rings. The molecule has 0 aliphatic heterocycles. The molecule has 0 spiro atoms. The molecule has 2 rings (SSSR count). The minimum absolute atomic E-state index is 0.289. The van der Waals surface area contributed by atoms with E-state index in [9.17, 15) is 0 Å². The average Bonchev–Trinajstić information content (AvgIpc) is 2.88. The van der Waals surface area contributed by atoms with Crippen LogP contribution in [-0.4, -0.2) is 6.04 Å². The molecule has 1 unspecified atom stereocenters. The molecule has 0 amide bonds. The first-order valence-corrected chi connectivity index (χ1v) is 8.21. The van der Waals surface area contributed by atoms with E-state index in [0.717, 1.165) is 16.7 Å². The molecule has 2 N–H and O–H groups in total. The van der Waals surface area contributed by atoms with Gasteiger partial charge in [-0.3, -0.25) is 0 Å². The number of hydrogen-bond acceptors (Lipinski definition) is 2. The Morgan fingerprint density at radius 3 is 2.50 bits per heavy atom. The van der Waals surface area contributed by atoms with Gasteiger partial charge in [0.2, 0.25) is 0 Å². The fourth-order valence-electron chi connectivity index (χ4n) is 3.51. The molecule has 3 heteroatoms. The third-order valence-electron chi connectivity index (χ3n) is 4.25. The minimum Gasteiger partial charge on any atom is -0.327 e. The van der Waals surface area contributed by atoms with Crippen LogP contribution in [0.1, 0.15) is 50.8 Å². The quantitative estimate of drug-likeness (QED) is 0.820. The molecule has 1 aromatic rings. The maximum Gasteiger partial charge on any atom is 0.0931 e. The highest BCUT2D eigenvalue weighted by Crippen LogP contribution is 2.46. The third-order valence-corrected chi connectivity index (χ3v) is 5.50. The number of rotatable bonds is 5. The molecule has 1 heterocycles. The highest BCUT2D eigenvalue weighted by Gasteiger charge is 2.39. The van der Waals surface area contributed by atoms with Crippen LogP contribution in [-0.2, 0) is 6.42 Å². The number of hydrogen-bond donors (Lipinski definition) is 1. The van der Waals surface area contributed by atoms with E-state index in [1.807, 2.05) is 6.07 Å². The molecule has 1 nitrogen and oxygen atoms in total. The van der Waals surface area contributed by atoms with Crippen molar-refractivity contribution in [2.24, 2.45) is 17.1 Å². The van der Waals surface area contributed by atoms with Gasteiger partial charge in [0.25, 0.3) is 0 Å². The van der Waals surface area contributed by atoms with Gasteiger partial charge in [-0.15, -0.1) is 11.3 Å². The Hall–Kier alpha value is -0.0500. The fraction of sp³-hybridized carbons (Fsp3) is 0.733. The second kappa shape index (κ2) is 5.94. The predicted octanol–water partition coefficient (Wildman–Crippen LogP) is 4.88. The second-order valence-electron chi connectivity index (χ2n) is 6.18. The van der Waals surface area contributed by atoms with Crippen molar-refractivity contribution in [1.82, 2.24) is 0 Å². The van der Waals surface area contributed by atoms with Crippen molar-refractivity contribution in [2.45, 2.75) is 58.4 Å². The predicted molar refractivity (Wildman–Crippen MR) is 81.4 cm³/mol. The zero-order valence-corrected chi connectivity index (χ0v) is 13.0. The summed E-state index contributed by atoms with van der Waals surface area (Å²) in [7, 11) is 0. The largest absolute Gasteiger partial charge is 0.327 e. The Bertz CT molecular complexity index is 380. The maximum absolute atomic E-state index is 6.57. The van der Waals surface area contributed by atoms with E-state index >= 15 is 0 Å². The lowest BCUT2D eigenvalue weighted by atomic mass is 9.72. The molecule has 0 radical (unpaired) electrons. The van der Waals surface area contributed by atoms with Crippen LogP contribution in [0, 0.1) is 11.3 Å². The summed E-state index contributed by atoms with van der Waals surface area (Å²) in [5, 5.41) is 0. The van der Waals surface area contributed by atoms with E-state index in [1.54, 1.807) is 11.3 Å². The van der Waals surface area contributed by atoms with Gasteiger partial charge >= 0.3 is 0 Å². The van der Waals surface area contributed by atoms with E-state index in [1.165, 1.54) is 37.0 Å². The van der Waals surface area contributed by atoms with E-state index < -0.39 is 0 Å². The van der Waals surface area contributed by atoms with Crippen LogP contribution in [0.4, 0.5) is 0 Å². The van der Waals surface area contributed by atoms with Crippen molar-refractivity contribution < 1.29 is 0 Å². The molecule has 1 atom stereocenters. The van der Waals surface area contributed by atoms with Crippen molar-refractivity contribution in [1.29, 1.82) is 0 Å². The Kier molecular flexibility index (Phi) is 4.74. The highest BCUT2D eigenvalue weighted by atomic mass is 35.5. The zero-order valence-electron chi connectivity index (χ0n) is 11.4. The first-order chi connectivity index (χ1) is 8.52. The first-order valence-electron chi connectivity index (χ1n) is 7.02. The Morgan fingerprint density at radius 2 is 2.00 bits per heavy atom. The standard InChI is InChI=1S/C15H24ClNS/c1-11(2)10-15(7-3-4-8-15)13(17)9-12-5-6-14(16)18-12/h5-6,11,13H,3-4,7-10,17H2,1-2H3. The van der Waals surface area contributed by atoms with Crippen molar-refractivity contribution in [3.05, 3.63) is 21.3 Å². The molecule has 0 saturated heterocycles. The minimum atomic E-state index is 0.289. The summed E-state index contributed by atoms with van der Waals surface area (Å²) < 4.78 is 0.876. The van der Waals surface area contributed by atoms with Crippen LogP contribution < -0.4 is 5.73 Å². The van der Waals surface area contributed by atoms with Crippen molar-refractivity contribution in [3.63, 3.8) is 0 Å². The maximum atomic E-state index is 6.57. The third kappa shape index (κ3) is 3.28. The van der Waals surface area contributed by atoms with Crippen molar-refractivity contribution >= 4 is 22.9 Å². The van der Waals surface area contributed by atoms with Gasteiger partial charge in [0.05, 0.1) is 4.34 Å². The lowest BCUT2D eigenvalue weighted by Gasteiger charge is -2.37. The first kappa shape index (κ1) is 14.4. The molecule has 1 aliphatic carbocycles. The van der Waals surface area contributed by atoms with Crippen LogP contribution in [0.2, 0.25) is 4.34 Å². The van der Waals surface area contributed by atoms with Crippen molar-refractivity contribution in [2.75, 3.05) is 0 Å². The van der Waals surface area contributed by atoms with Crippen LogP contribution in [0.5, 0.6) is 0 Å². The van der Waals surface area contributed by atoms with Crippen LogP contribution in [0.3, 0.4) is 0 Å². The fourth-order valence-corrected chi connectivity index (χ4v) is 4.66. The number of nitrogens with two attached hydrogens (primary N) is 1. The van der Waals surface area contributed by atoms with Crippen LogP contribution in [0.15, 0.2) is 12.1 Å². The summed E-state index contributed by atoms with van der Waals surface area (Å²) >= 11 is 7.68. The van der Waals surface area contributed by atoms with E-state index in [2.05, 4.69) is 19.9 Å². The van der Waals surface area contributed by atoms with Gasteiger partial charge in [-0.2, -0.15) is 0 Å². The van der Waals surface area contributed by atoms with Gasteiger partial charge in [0, 0.05) is 10.9 Å². The lowest BCUT2D eigenvalue weighted by molar-refractivity contribution is 0.182. The van der Waals surface area contributed by atoms with Gasteiger partial charge in [-0.05, 0) is 49.1 Å². The number of thiophene rings is 1. The monoisotopic (exact) mass is 285 g/mol. The summed E-state index contributed by atoms with van der Waals surface area (Å²) in [5.74, 6) is 0.737. The normalized spacial score (nSPS) is 20.5. The summed E-state index contributed by atoms with van der Waals surface area (Å²) in [4.78, 5) is 1.34. The Labute approximate surface area is 120 Å². The molecule has 0 bridgehead atoms. The second-order valence-corrected chi connectivity index (χ2v) is 7.98. The van der Waals surface area contributed by atoms with E-state index in [4.69, 9.17) is 17.3 Å². The Morgan fingerprint density at radius 1 is 1.33 bits per heavy atom. The summed E-state index contributed by atoms with van der Waals surface area (Å²) in [6.45, 7) is 4.63.